The molecule has 37 heavy (non-hydrogen) atoms. The largest absolute Gasteiger partial charge is 0.436 e. The standard InChI is InChI=1S/C28H29N7OS/c1-17-12-21(14-29)13-18(2)25(17)36-26-24-27(37-16-31-24)34-28(33-26)32-23-8-10-35(11-9-23)15-20-4-6-22(7-5-20)19(3)30/h4-7,12-13,16,23H,3,8-11,15,30H2,1-2H3,(H,32,33,34). The summed E-state index contributed by atoms with van der Waals surface area (Å²) >= 11 is 1.46. The van der Waals surface area contributed by atoms with E-state index in [1.54, 1.807) is 5.51 Å². The van der Waals surface area contributed by atoms with Crippen LogP contribution < -0.4 is 15.8 Å². The van der Waals surface area contributed by atoms with Crippen LogP contribution in [-0.2, 0) is 6.54 Å². The molecule has 0 spiro atoms. The van der Waals surface area contributed by atoms with Crippen molar-refractivity contribution in [1.82, 2.24) is 19.9 Å². The minimum absolute atomic E-state index is 0.274. The number of rotatable bonds is 7. The number of hydrogen-bond donors (Lipinski definition) is 2. The zero-order valence-electron chi connectivity index (χ0n) is 21.0. The molecular formula is C28H29N7OS. The lowest BCUT2D eigenvalue weighted by molar-refractivity contribution is 0.211. The van der Waals surface area contributed by atoms with Crippen molar-refractivity contribution in [2.24, 2.45) is 5.73 Å². The fourth-order valence-corrected chi connectivity index (χ4v) is 5.29. The number of thiazole rings is 1. The topological polar surface area (TPSA) is 113 Å². The Morgan fingerprint density at radius 3 is 2.54 bits per heavy atom. The van der Waals surface area contributed by atoms with Crippen LogP contribution in [0.2, 0.25) is 0 Å². The Bertz CT molecular complexity index is 1460. The number of nitrogens with two attached hydrogens (primary N) is 1. The molecule has 1 saturated heterocycles. The third-order valence-electron chi connectivity index (χ3n) is 6.61. The van der Waals surface area contributed by atoms with E-state index in [1.165, 1.54) is 16.9 Å². The van der Waals surface area contributed by atoms with Crippen molar-refractivity contribution in [2.75, 3.05) is 18.4 Å². The second-order valence-electron chi connectivity index (χ2n) is 9.43. The molecule has 5 rings (SSSR count). The normalized spacial score (nSPS) is 14.4. The van der Waals surface area contributed by atoms with Gasteiger partial charge in [0.1, 0.15) is 5.75 Å². The number of likely N-dealkylation sites (tertiary alicyclic amines) is 1. The number of ether oxygens (including phenoxy) is 1. The van der Waals surface area contributed by atoms with Gasteiger partial charge in [-0.15, -0.1) is 11.3 Å². The first-order valence-electron chi connectivity index (χ1n) is 12.2. The molecule has 0 amide bonds. The van der Waals surface area contributed by atoms with Crippen LogP contribution in [0.25, 0.3) is 16.0 Å². The highest BCUT2D eigenvalue weighted by molar-refractivity contribution is 7.16. The number of benzene rings is 2. The van der Waals surface area contributed by atoms with E-state index in [2.05, 4.69) is 40.0 Å². The maximum atomic E-state index is 9.25. The highest BCUT2D eigenvalue weighted by Crippen LogP contribution is 2.34. The summed E-state index contributed by atoms with van der Waals surface area (Å²) in [5.41, 5.74) is 13.4. The highest BCUT2D eigenvalue weighted by Gasteiger charge is 2.22. The fraction of sp³-hybridized carbons (Fsp3) is 0.286. The maximum absolute atomic E-state index is 9.25. The summed E-state index contributed by atoms with van der Waals surface area (Å²) in [6.07, 6.45) is 1.98. The molecule has 2 aromatic carbocycles. The second-order valence-corrected chi connectivity index (χ2v) is 10.3. The molecule has 0 saturated carbocycles. The Balaban J connectivity index is 1.26. The van der Waals surface area contributed by atoms with Gasteiger partial charge in [-0.25, -0.2) is 4.98 Å². The first-order chi connectivity index (χ1) is 17.9. The minimum atomic E-state index is 0.274. The van der Waals surface area contributed by atoms with E-state index in [0.717, 1.165) is 54.0 Å². The van der Waals surface area contributed by atoms with Crippen molar-refractivity contribution in [2.45, 2.75) is 39.3 Å². The van der Waals surface area contributed by atoms with E-state index in [4.69, 9.17) is 20.4 Å². The summed E-state index contributed by atoms with van der Waals surface area (Å²) in [5, 5.41) is 12.8. The van der Waals surface area contributed by atoms with Crippen molar-refractivity contribution < 1.29 is 4.74 Å². The highest BCUT2D eigenvalue weighted by atomic mass is 32.1. The SMILES string of the molecule is C=C(N)c1ccc(CN2CCC(Nc3nc(Oc4c(C)cc(C#N)cc4C)c4ncsc4n3)CC2)cc1. The van der Waals surface area contributed by atoms with Gasteiger partial charge in [-0.1, -0.05) is 30.8 Å². The first-order valence-corrected chi connectivity index (χ1v) is 13.1. The monoisotopic (exact) mass is 511 g/mol. The van der Waals surface area contributed by atoms with Gasteiger partial charge in [0.05, 0.1) is 17.1 Å². The van der Waals surface area contributed by atoms with Crippen LogP contribution in [-0.4, -0.2) is 39.0 Å². The molecule has 9 heteroatoms. The summed E-state index contributed by atoms with van der Waals surface area (Å²) in [6, 6.07) is 14.4. The summed E-state index contributed by atoms with van der Waals surface area (Å²) in [4.78, 5) is 17.1. The zero-order valence-corrected chi connectivity index (χ0v) is 21.8. The summed E-state index contributed by atoms with van der Waals surface area (Å²) in [6.45, 7) is 10.5. The maximum Gasteiger partial charge on any atom is 0.252 e. The molecule has 188 valence electrons. The molecule has 8 nitrogen and oxygen atoms in total. The van der Waals surface area contributed by atoms with Crippen molar-refractivity contribution in [1.29, 1.82) is 5.26 Å². The Morgan fingerprint density at radius 2 is 1.89 bits per heavy atom. The number of fused-ring (bicyclic) bond motifs is 1. The van der Waals surface area contributed by atoms with Crippen LogP contribution in [0, 0.1) is 25.2 Å². The van der Waals surface area contributed by atoms with Gasteiger partial charge in [-0.05, 0) is 61.1 Å². The van der Waals surface area contributed by atoms with Gasteiger partial charge >= 0.3 is 0 Å². The quantitative estimate of drug-likeness (QED) is 0.340. The molecule has 4 aromatic rings. The Morgan fingerprint density at radius 1 is 1.19 bits per heavy atom. The van der Waals surface area contributed by atoms with Gasteiger partial charge in [-0.3, -0.25) is 4.90 Å². The van der Waals surface area contributed by atoms with Gasteiger partial charge < -0.3 is 15.8 Å². The van der Waals surface area contributed by atoms with Crippen LogP contribution >= 0.6 is 11.3 Å². The lowest BCUT2D eigenvalue weighted by Gasteiger charge is -2.32. The third kappa shape index (κ3) is 5.56. The minimum Gasteiger partial charge on any atom is -0.436 e. The predicted molar refractivity (Wildman–Crippen MR) is 148 cm³/mol. The number of hydrogen-bond acceptors (Lipinski definition) is 9. The van der Waals surface area contributed by atoms with Crippen molar-refractivity contribution in [3.63, 3.8) is 0 Å². The molecule has 0 aliphatic carbocycles. The van der Waals surface area contributed by atoms with E-state index < -0.39 is 0 Å². The molecule has 3 N–H and O–H groups in total. The number of nitrogens with zero attached hydrogens (tertiary/aromatic N) is 5. The predicted octanol–water partition coefficient (Wildman–Crippen LogP) is 5.37. The average Bonchev–Trinajstić information content (AvgIpc) is 3.36. The average molecular weight is 512 g/mol. The molecule has 1 fully saturated rings. The molecule has 0 bridgehead atoms. The molecule has 1 aliphatic rings. The molecule has 1 aliphatic heterocycles. The molecule has 3 heterocycles. The molecule has 2 aromatic heterocycles. The molecule has 0 radical (unpaired) electrons. The van der Waals surface area contributed by atoms with E-state index in [-0.39, 0.29) is 6.04 Å². The number of nitriles is 1. The Hall–Kier alpha value is -4.00. The van der Waals surface area contributed by atoms with Crippen molar-refractivity contribution in [3.05, 3.63) is 76.3 Å². The zero-order chi connectivity index (χ0) is 25.9. The van der Waals surface area contributed by atoms with Crippen molar-refractivity contribution >= 4 is 33.3 Å². The lowest BCUT2D eigenvalue weighted by atomic mass is 10.0. The van der Waals surface area contributed by atoms with Crippen molar-refractivity contribution in [3.8, 4) is 17.7 Å². The first kappa shape index (κ1) is 24.7. The number of aryl methyl sites for hydroxylation is 2. The van der Waals surface area contributed by atoms with Crippen LogP contribution in [0.5, 0.6) is 11.6 Å². The summed E-state index contributed by atoms with van der Waals surface area (Å²) < 4.78 is 6.27. The van der Waals surface area contributed by atoms with E-state index in [1.807, 2.05) is 38.1 Å². The van der Waals surface area contributed by atoms with Crippen LogP contribution in [0.1, 0.15) is 40.7 Å². The molecular weight excluding hydrogens is 482 g/mol. The van der Waals surface area contributed by atoms with Crippen LogP contribution in [0.15, 0.2) is 48.5 Å². The van der Waals surface area contributed by atoms with Gasteiger partial charge in [0.15, 0.2) is 10.3 Å². The van der Waals surface area contributed by atoms with E-state index >= 15 is 0 Å². The van der Waals surface area contributed by atoms with Gasteiger partial charge in [-0.2, -0.15) is 15.2 Å². The number of piperidine rings is 1. The van der Waals surface area contributed by atoms with E-state index in [9.17, 15) is 5.26 Å². The van der Waals surface area contributed by atoms with Gasteiger partial charge in [0, 0.05) is 31.4 Å². The van der Waals surface area contributed by atoms with Crippen LogP contribution in [0.3, 0.4) is 0 Å². The van der Waals surface area contributed by atoms with E-state index in [0.29, 0.717) is 34.4 Å². The number of anilines is 1. The van der Waals surface area contributed by atoms with Crippen LogP contribution in [0.4, 0.5) is 5.95 Å². The van der Waals surface area contributed by atoms with Gasteiger partial charge in [0.25, 0.3) is 5.88 Å². The second kappa shape index (κ2) is 10.5. The fourth-order valence-electron chi connectivity index (χ4n) is 4.64. The molecule has 0 atom stereocenters. The van der Waals surface area contributed by atoms with Gasteiger partial charge in [0.2, 0.25) is 5.95 Å². The summed E-state index contributed by atoms with van der Waals surface area (Å²) in [7, 11) is 0. The number of nitrogens with one attached hydrogen (secondary N) is 1. The molecule has 0 unspecified atom stereocenters. The summed E-state index contributed by atoms with van der Waals surface area (Å²) in [5.74, 6) is 1.66. The Kier molecular flexibility index (Phi) is 7.04. The number of aromatic nitrogens is 3. The third-order valence-corrected chi connectivity index (χ3v) is 7.32. The smallest absolute Gasteiger partial charge is 0.252 e. The lowest BCUT2D eigenvalue weighted by Crippen LogP contribution is -2.39. The Labute approximate surface area is 220 Å².